The van der Waals surface area contributed by atoms with Crippen molar-refractivity contribution in [3.63, 3.8) is 0 Å². The van der Waals surface area contributed by atoms with Crippen molar-refractivity contribution in [2.75, 3.05) is 25.2 Å². The van der Waals surface area contributed by atoms with Gasteiger partial charge in [0, 0.05) is 6.04 Å². The average Bonchev–Trinajstić information content (AvgIpc) is 2.36. The lowest BCUT2D eigenvalue weighted by molar-refractivity contribution is 0.277. The first-order chi connectivity index (χ1) is 9.17. The van der Waals surface area contributed by atoms with Crippen LogP contribution in [0.5, 0.6) is 11.5 Å². The van der Waals surface area contributed by atoms with E-state index in [1.807, 2.05) is 37.7 Å². The Morgan fingerprint density at radius 3 is 2.68 bits per heavy atom. The largest absolute Gasteiger partial charge is 0.490 e. The Morgan fingerprint density at radius 1 is 1.26 bits per heavy atom. The Hall–Kier alpha value is -0.870. The topological polar surface area (TPSA) is 44.5 Å². The predicted molar refractivity (Wildman–Crippen MR) is 83.5 cm³/mol. The van der Waals surface area contributed by atoms with E-state index in [1.54, 1.807) is 0 Å². The normalized spacial score (nSPS) is 12.2. The molecule has 4 heteroatoms. The summed E-state index contributed by atoms with van der Waals surface area (Å²) in [7, 11) is 0. The van der Waals surface area contributed by atoms with E-state index < -0.39 is 0 Å². The molecule has 1 unspecified atom stereocenters. The van der Waals surface area contributed by atoms with Crippen molar-refractivity contribution in [2.45, 2.75) is 32.7 Å². The molecule has 0 heterocycles. The van der Waals surface area contributed by atoms with E-state index in [9.17, 15) is 0 Å². The lowest BCUT2D eigenvalue weighted by Gasteiger charge is -2.14. The monoisotopic (exact) mass is 283 g/mol. The molecule has 3 nitrogen and oxygen atoms in total. The lowest BCUT2D eigenvalue weighted by Crippen LogP contribution is -2.17. The second-order valence-electron chi connectivity index (χ2n) is 4.59. The molecule has 108 valence electrons. The van der Waals surface area contributed by atoms with Gasteiger partial charge in [-0.1, -0.05) is 6.07 Å². The van der Waals surface area contributed by atoms with Crippen LogP contribution in [0.1, 0.15) is 25.8 Å². The highest BCUT2D eigenvalue weighted by atomic mass is 32.2. The van der Waals surface area contributed by atoms with E-state index in [0.717, 1.165) is 36.7 Å². The summed E-state index contributed by atoms with van der Waals surface area (Å²) in [6, 6.07) is 6.25. The van der Waals surface area contributed by atoms with Gasteiger partial charge in [0.2, 0.25) is 0 Å². The van der Waals surface area contributed by atoms with Gasteiger partial charge < -0.3 is 15.2 Å². The molecule has 0 aliphatic rings. The van der Waals surface area contributed by atoms with Crippen molar-refractivity contribution >= 4 is 11.8 Å². The van der Waals surface area contributed by atoms with Crippen molar-refractivity contribution in [3.8, 4) is 11.5 Å². The quantitative estimate of drug-likeness (QED) is 0.707. The van der Waals surface area contributed by atoms with Gasteiger partial charge in [0.05, 0.1) is 13.2 Å². The molecule has 0 spiro atoms. The van der Waals surface area contributed by atoms with Crippen LogP contribution in [-0.4, -0.2) is 31.3 Å². The molecule has 2 N–H and O–H groups in total. The first-order valence-corrected chi connectivity index (χ1v) is 8.19. The van der Waals surface area contributed by atoms with Crippen LogP contribution in [0.2, 0.25) is 0 Å². The summed E-state index contributed by atoms with van der Waals surface area (Å²) in [4.78, 5) is 0. The third-order valence-electron chi connectivity index (χ3n) is 2.62. The number of rotatable bonds is 9. The first kappa shape index (κ1) is 16.2. The van der Waals surface area contributed by atoms with Crippen molar-refractivity contribution in [3.05, 3.63) is 23.8 Å². The van der Waals surface area contributed by atoms with Gasteiger partial charge >= 0.3 is 0 Å². The van der Waals surface area contributed by atoms with Gasteiger partial charge in [-0.3, -0.25) is 0 Å². The van der Waals surface area contributed by atoms with Crippen LogP contribution in [-0.2, 0) is 6.42 Å². The van der Waals surface area contributed by atoms with Gasteiger partial charge in [-0.15, -0.1) is 0 Å². The van der Waals surface area contributed by atoms with E-state index in [-0.39, 0.29) is 6.04 Å². The Morgan fingerprint density at radius 2 is 2.05 bits per heavy atom. The molecular formula is C15H25NO2S. The molecule has 0 aliphatic heterocycles. The molecule has 0 aliphatic carbocycles. The molecule has 1 aromatic carbocycles. The molecular weight excluding hydrogens is 258 g/mol. The van der Waals surface area contributed by atoms with Crippen LogP contribution in [0.15, 0.2) is 18.2 Å². The predicted octanol–water partition coefficient (Wildman–Crippen LogP) is 3.11. The van der Waals surface area contributed by atoms with E-state index in [0.29, 0.717) is 6.61 Å². The number of thioether (sulfide) groups is 1. The summed E-state index contributed by atoms with van der Waals surface area (Å²) in [6.45, 7) is 5.36. The number of ether oxygens (including phenoxy) is 2. The van der Waals surface area contributed by atoms with Gasteiger partial charge in [-0.25, -0.2) is 0 Å². The zero-order valence-electron chi connectivity index (χ0n) is 12.1. The summed E-state index contributed by atoms with van der Waals surface area (Å²) in [5.41, 5.74) is 7.02. The van der Waals surface area contributed by atoms with Crippen LogP contribution in [0.3, 0.4) is 0 Å². The fourth-order valence-electron chi connectivity index (χ4n) is 1.82. The minimum Gasteiger partial charge on any atom is -0.490 e. The second kappa shape index (κ2) is 9.10. The summed E-state index contributed by atoms with van der Waals surface area (Å²) >= 11 is 1.84. The third-order valence-corrected chi connectivity index (χ3v) is 3.31. The molecule has 19 heavy (non-hydrogen) atoms. The van der Waals surface area contributed by atoms with Crippen molar-refractivity contribution < 1.29 is 9.47 Å². The number of hydrogen-bond acceptors (Lipinski definition) is 4. The van der Waals surface area contributed by atoms with Crippen molar-refractivity contribution in [1.29, 1.82) is 0 Å². The zero-order chi connectivity index (χ0) is 14.1. The Balaban J connectivity index is 2.67. The van der Waals surface area contributed by atoms with Gasteiger partial charge in [0.15, 0.2) is 11.5 Å². The fraction of sp³-hybridized carbons (Fsp3) is 0.600. The highest BCUT2D eigenvalue weighted by Crippen LogP contribution is 2.29. The van der Waals surface area contributed by atoms with Crippen LogP contribution in [0, 0.1) is 0 Å². The summed E-state index contributed by atoms with van der Waals surface area (Å²) in [5, 5.41) is 0. The third kappa shape index (κ3) is 6.21. The van der Waals surface area contributed by atoms with E-state index >= 15 is 0 Å². The molecule has 0 saturated carbocycles. The molecule has 0 saturated heterocycles. The summed E-state index contributed by atoms with van der Waals surface area (Å²) in [6.07, 6.45) is 4.01. The molecule has 0 aromatic heterocycles. The molecule has 0 bridgehead atoms. The van der Waals surface area contributed by atoms with Crippen LogP contribution in [0.4, 0.5) is 0 Å². The van der Waals surface area contributed by atoms with Crippen LogP contribution >= 0.6 is 11.8 Å². The minimum atomic E-state index is 0.155. The maximum Gasteiger partial charge on any atom is 0.161 e. The first-order valence-electron chi connectivity index (χ1n) is 6.80. The number of hydrogen-bond donors (Lipinski definition) is 1. The Kier molecular flexibility index (Phi) is 7.75. The molecule has 0 amide bonds. The lowest BCUT2D eigenvalue weighted by atomic mass is 10.1. The van der Waals surface area contributed by atoms with Crippen molar-refractivity contribution in [2.24, 2.45) is 5.73 Å². The van der Waals surface area contributed by atoms with Gasteiger partial charge in [0.25, 0.3) is 0 Å². The molecule has 1 aromatic rings. The fourth-order valence-corrected chi connectivity index (χ4v) is 2.23. The van der Waals surface area contributed by atoms with E-state index in [1.165, 1.54) is 5.56 Å². The highest BCUT2D eigenvalue weighted by Gasteiger charge is 2.07. The maximum absolute atomic E-state index is 5.83. The van der Waals surface area contributed by atoms with Crippen molar-refractivity contribution in [1.82, 2.24) is 0 Å². The second-order valence-corrected chi connectivity index (χ2v) is 5.58. The number of benzene rings is 1. The standard InChI is InChI=1S/C15H25NO2S/c1-4-17-15-11-13(10-12(2)16)6-7-14(15)18-8-5-9-19-3/h6-7,11-12H,4-5,8-10,16H2,1-3H3. The highest BCUT2D eigenvalue weighted by molar-refractivity contribution is 7.98. The smallest absolute Gasteiger partial charge is 0.161 e. The van der Waals surface area contributed by atoms with Crippen LogP contribution in [0.25, 0.3) is 0 Å². The summed E-state index contributed by atoms with van der Waals surface area (Å²) < 4.78 is 11.4. The average molecular weight is 283 g/mol. The summed E-state index contributed by atoms with van der Waals surface area (Å²) in [5.74, 6) is 2.77. The Labute approximate surface area is 120 Å². The molecule has 0 fully saturated rings. The Bertz CT molecular complexity index is 369. The maximum atomic E-state index is 5.83. The van der Waals surface area contributed by atoms with E-state index in [4.69, 9.17) is 15.2 Å². The van der Waals surface area contributed by atoms with Crippen LogP contribution < -0.4 is 15.2 Å². The van der Waals surface area contributed by atoms with Gasteiger partial charge in [0.1, 0.15) is 0 Å². The van der Waals surface area contributed by atoms with Gasteiger partial charge in [-0.2, -0.15) is 11.8 Å². The van der Waals surface area contributed by atoms with E-state index in [2.05, 4.69) is 12.3 Å². The zero-order valence-corrected chi connectivity index (χ0v) is 13.0. The van der Waals surface area contributed by atoms with Gasteiger partial charge in [-0.05, 0) is 56.4 Å². The molecule has 0 radical (unpaired) electrons. The number of nitrogens with two attached hydrogens (primary N) is 1. The minimum absolute atomic E-state index is 0.155. The molecule has 1 atom stereocenters. The SMILES string of the molecule is CCOc1cc(CC(C)N)ccc1OCCCSC. The molecule has 1 rings (SSSR count).